The number of thiocarbonyl (C=S) groups is 1. The van der Waals surface area contributed by atoms with Crippen molar-refractivity contribution >= 4 is 52.2 Å². The SMILES string of the molecule is COc1ccccc1C(=O)NN1C(=O)/C(=C\c2ccc(OCCC(=O)O)cc2)SC1=S. The predicted molar refractivity (Wildman–Crippen MR) is 120 cm³/mol. The van der Waals surface area contributed by atoms with Crippen LogP contribution in [0.15, 0.2) is 53.4 Å². The van der Waals surface area contributed by atoms with Gasteiger partial charge in [0.25, 0.3) is 11.8 Å². The van der Waals surface area contributed by atoms with Crippen molar-refractivity contribution in [2.75, 3.05) is 13.7 Å². The van der Waals surface area contributed by atoms with E-state index < -0.39 is 17.8 Å². The summed E-state index contributed by atoms with van der Waals surface area (Å²) in [6.07, 6.45) is 1.56. The first kappa shape index (κ1) is 22.3. The average Bonchev–Trinajstić information content (AvgIpc) is 3.02. The van der Waals surface area contributed by atoms with Crippen LogP contribution in [-0.2, 0) is 9.59 Å². The molecule has 2 amide bonds. The van der Waals surface area contributed by atoms with Gasteiger partial charge in [-0.1, -0.05) is 36.0 Å². The van der Waals surface area contributed by atoms with Gasteiger partial charge in [0.2, 0.25) is 0 Å². The number of amides is 2. The molecule has 3 rings (SSSR count). The number of carboxylic acids is 1. The molecule has 1 heterocycles. The molecule has 0 aromatic heterocycles. The molecule has 0 spiro atoms. The largest absolute Gasteiger partial charge is 0.496 e. The van der Waals surface area contributed by atoms with Crippen molar-refractivity contribution in [1.82, 2.24) is 10.4 Å². The molecule has 1 aliphatic rings. The first-order chi connectivity index (χ1) is 14.9. The fraction of sp³-hybridized carbons (Fsp3) is 0.143. The lowest BCUT2D eigenvalue weighted by atomic mass is 10.2. The first-order valence-corrected chi connectivity index (χ1v) is 10.3. The van der Waals surface area contributed by atoms with Crippen molar-refractivity contribution in [3.63, 3.8) is 0 Å². The number of carbonyl (C=O) groups excluding carboxylic acids is 2. The predicted octanol–water partition coefficient (Wildman–Crippen LogP) is 3.09. The second-order valence-electron chi connectivity index (χ2n) is 6.22. The monoisotopic (exact) mass is 458 g/mol. The number of hydrazine groups is 1. The minimum atomic E-state index is -0.934. The number of nitrogens with one attached hydrogen (secondary N) is 1. The lowest BCUT2D eigenvalue weighted by Gasteiger charge is -2.16. The Morgan fingerprint density at radius 2 is 1.90 bits per heavy atom. The van der Waals surface area contributed by atoms with E-state index in [0.717, 1.165) is 22.3 Å². The van der Waals surface area contributed by atoms with E-state index in [1.165, 1.54) is 7.11 Å². The van der Waals surface area contributed by atoms with Crippen LogP contribution in [0.1, 0.15) is 22.3 Å². The van der Waals surface area contributed by atoms with Crippen LogP contribution < -0.4 is 14.9 Å². The lowest BCUT2D eigenvalue weighted by Crippen LogP contribution is -2.44. The lowest BCUT2D eigenvalue weighted by molar-refractivity contribution is -0.137. The number of hydrogen-bond acceptors (Lipinski definition) is 7. The topological polar surface area (TPSA) is 105 Å². The number of carbonyl (C=O) groups is 3. The van der Waals surface area contributed by atoms with Gasteiger partial charge in [0.05, 0.1) is 30.6 Å². The van der Waals surface area contributed by atoms with Gasteiger partial charge < -0.3 is 14.6 Å². The highest BCUT2D eigenvalue weighted by molar-refractivity contribution is 8.26. The zero-order valence-electron chi connectivity index (χ0n) is 16.4. The molecule has 0 atom stereocenters. The van der Waals surface area contributed by atoms with E-state index in [2.05, 4.69) is 5.43 Å². The van der Waals surface area contributed by atoms with Crippen molar-refractivity contribution in [1.29, 1.82) is 0 Å². The number of aliphatic carboxylic acids is 1. The number of para-hydroxylation sites is 1. The van der Waals surface area contributed by atoms with Crippen molar-refractivity contribution in [2.24, 2.45) is 0 Å². The molecule has 160 valence electrons. The number of benzene rings is 2. The fourth-order valence-electron chi connectivity index (χ4n) is 2.63. The Bertz CT molecular complexity index is 1050. The van der Waals surface area contributed by atoms with Crippen molar-refractivity contribution in [3.05, 3.63) is 64.6 Å². The number of ether oxygens (including phenoxy) is 2. The van der Waals surface area contributed by atoms with Crippen LogP contribution >= 0.6 is 24.0 Å². The van der Waals surface area contributed by atoms with Gasteiger partial charge in [-0.2, -0.15) is 5.01 Å². The third kappa shape index (κ3) is 5.62. The number of carboxylic acid groups (broad SMARTS) is 1. The molecule has 1 fully saturated rings. The Balaban J connectivity index is 1.67. The van der Waals surface area contributed by atoms with Gasteiger partial charge in [0.15, 0.2) is 4.32 Å². The second-order valence-corrected chi connectivity index (χ2v) is 7.90. The number of methoxy groups -OCH3 is 1. The Labute approximate surface area is 187 Å². The molecular weight excluding hydrogens is 440 g/mol. The standard InChI is InChI=1S/C21H18N2O6S2/c1-28-16-5-3-2-4-15(16)19(26)22-23-20(27)17(31-21(23)30)12-13-6-8-14(9-7-13)29-11-10-18(24)25/h2-9,12H,10-11H2,1H3,(H,22,26)(H,24,25)/b17-12+. The molecule has 10 heteroatoms. The summed E-state index contributed by atoms with van der Waals surface area (Å²) in [5.41, 5.74) is 3.52. The summed E-state index contributed by atoms with van der Waals surface area (Å²) < 4.78 is 10.7. The zero-order chi connectivity index (χ0) is 22.4. The minimum absolute atomic E-state index is 0.0687. The normalized spacial score (nSPS) is 14.6. The highest BCUT2D eigenvalue weighted by Crippen LogP contribution is 2.32. The second kappa shape index (κ2) is 10.1. The van der Waals surface area contributed by atoms with E-state index in [4.69, 9.17) is 26.8 Å². The summed E-state index contributed by atoms with van der Waals surface area (Å²) in [5, 5.41) is 9.67. The quantitative estimate of drug-likeness (QED) is 0.459. The highest BCUT2D eigenvalue weighted by Gasteiger charge is 2.34. The molecule has 2 aromatic rings. The number of nitrogens with zero attached hydrogens (tertiary/aromatic N) is 1. The third-order valence-corrected chi connectivity index (χ3v) is 5.42. The average molecular weight is 459 g/mol. The van der Waals surface area contributed by atoms with Crippen molar-refractivity contribution in [2.45, 2.75) is 6.42 Å². The zero-order valence-corrected chi connectivity index (χ0v) is 18.0. The molecule has 1 aliphatic heterocycles. The Morgan fingerprint density at radius 3 is 2.58 bits per heavy atom. The van der Waals surface area contributed by atoms with E-state index in [1.54, 1.807) is 54.6 Å². The first-order valence-electron chi connectivity index (χ1n) is 9.05. The molecular formula is C21H18N2O6S2. The molecule has 2 aromatic carbocycles. The van der Waals surface area contributed by atoms with Crippen LogP contribution in [0, 0.1) is 0 Å². The van der Waals surface area contributed by atoms with Gasteiger partial charge in [-0.15, -0.1) is 0 Å². The molecule has 31 heavy (non-hydrogen) atoms. The van der Waals surface area contributed by atoms with Crippen LogP contribution in [0.4, 0.5) is 0 Å². The maximum atomic E-state index is 12.7. The Morgan fingerprint density at radius 1 is 1.19 bits per heavy atom. The fourth-order valence-corrected chi connectivity index (χ4v) is 3.81. The molecule has 0 unspecified atom stereocenters. The summed E-state index contributed by atoms with van der Waals surface area (Å²) in [5.74, 6) is -0.990. The van der Waals surface area contributed by atoms with Crippen LogP contribution in [0.5, 0.6) is 11.5 Å². The number of rotatable bonds is 8. The summed E-state index contributed by atoms with van der Waals surface area (Å²) in [7, 11) is 1.46. The van der Waals surface area contributed by atoms with Crippen LogP contribution in [0.25, 0.3) is 6.08 Å². The maximum Gasteiger partial charge on any atom is 0.306 e. The molecule has 0 aliphatic carbocycles. The summed E-state index contributed by atoms with van der Waals surface area (Å²) in [4.78, 5) is 36.2. The van der Waals surface area contributed by atoms with Crippen LogP contribution in [-0.4, -0.2) is 45.9 Å². The van der Waals surface area contributed by atoms with Gasteiger partial charge >= 0.3 is 5.97 Å². The highest BCUT2D eigenvalue weighted by atomic mass is 32.2. The van der Waals surface area contributed by atoms with E-state index in [9.17, 15) is 14.4 Å². The van der Waals surface area contributed by atoms with E-state index in [-0.39, 0.29) is 22.9 Å². The maximum absolute atomic E-state index is 12.7. The van der Waals surface area contributed by atoms with Gasteiger partial charge in [-0.25, -0.2) is 0 Å². The molecule has 0 bridgehead atoms. The van der Waals surface area contributed by atoms with E-state index in [1.807, 2.05) is 0 Å². The van der Waals surface area contributed by atoms with Crippen LogP contribution in [0.2, 0.25) is 0 Å². The third-order valence-electron chi connectivity index (χ3n) is 4.12. The molecule has 0 radical (unpaired) electrons. The minimum Gasteiger partial charge on any atom is -0.496 e. The Kier molecular flexibility index (Phi) is 7.27. The van der Waals surface area contributed by atoms with Crippen molar-refractivity contribution < 1.29 is 29.0 Å². The molecule has 8 nitrogen and oxygen atoms in total. The van der Waals surface area contributed by atoms with Gasteiger partial charge in [-0.05, 0) is 48.1 Å². The summed E-state index contributed by atoms with van der Waals surface area (Å²) >= 11 is 6.31. The van der Waals surface area contributed by atoms with Gasteiger partial charge in [0, 0.05) is 0 Å². The van der Waals surface area contributed by atoms with Crippen molar-refractivity contribution in [3.8, 4) is 11.5 Å². The number of thioether (sulfide) groups is 1. The smallest absolute Gasteiger partial charge is 0.306 e. The van der Waals surface area contributed by atoms with Gasteiger partial charge in [-0.3, -0.25) is 19.8 Å². The van der Waals surface area contributed by atoms with E-state index >= 15 is 0 Å². The Hall–Kier alpha value is -3.37. The molecule has 0 saturated carbocycles. The van der Waals surface area contributed by atoms with Gasteiger partial charge in [0.1, 0.15) is 11.5 Å². The molecule has 1 saturated heterocycles. The molecule has 2 N–H and O–H groups in total. The van der Waals surface area contributed by atoms with Crippen LogP contribution in [0.3, 0.4) is 0 Å². The summed E-state index contributed by atoms with van der Waals surface area (Å²) in [6, 6.07) is 13.5. The van der Waals surface area contributed by atoms with E-state index in [0.29, 0.717) is 16.4 Å². The summed E-state index contributed by atoms with van der Waals surface area (Å²) in [6.45, 7) is 0.0687. The number of hydrogen-bond donors (Lipinski definition) is 2.